The minimum Gasteiger partial charge on any atom is -0.495 e. The summed E-state index contributed by atoms with van der Waals surface area (Å²) >= 11 is 0. The van der Waals surface area contributed by atoms with E-state index in [-0.39, 0.29) is 11.9 Å². The molecule has 0 atom stereocenters. The van der Waals surface area contributed by atoms with Gasteiger partial charge in [-0.2, -0.15) is 0 Å². The fraction of sp³-hybridized carbons (Fsp3) is 0.176. The Morgan fingerprint density at radius 3 is 2.36 bits per heavy atom. The highest BCUT2D eigenvalue weighted by Gasteiger charge is 2.10. The number of nitrogens with one attached hydrogen (secondary N) is 1. The van der Waals surface area contributed by atoms with Crippen LogP contribution in [0.3, 0.4) is 0 Å². The average Bonchev–Trinajstić information content (AvgIpc) is 2.55. The maximum absolute atomic E-state index is 12.2. The predicted octanol–water partition coefficient (Wildman–Crippen LogP) is 3.26. The topological polar surface area (TPSA) is 64.6 Å². The lowest BCUT2D eigenvalue weighted by Gasteiger charge is -2.10. The monoisotopic (exact) mass is 299 g/mol. The zero-order chi connectivity index (χ0) is 15.9. The van der Waals surface area contributed by atoms with Gasteiger partial charge >= 0.3 is 5.97 Å². The number of para-hydroxylation sites is 2. The van der Waals surface area contributed by atoms with Crippen molar-refractivity contribution in [3.05, 3.63) is 54.1 Å². The van der Waals surface area contributed by atoms with Gasteiger partial charge < -0.3 is 14.8 Å². The van der Waals surface area contributed by atoms with Crippen molar-refractivity contribution in [1.29, 1.82) is 0 Å². The SMILES string of the molecule is CCC(=O)Oc1ccc(C(=O)Nc2ccccc2OC)cc1. The molecule has 1 N–H and O–H groups in total. The van der Waals surface area contributed by atoms with Gasteiger partial charge in [-0.25, -0.2) is 0 Å². The van der Waals surface area contributed by atoms with E-state index in [0.717, 1.165) is 0 Å². The fourth-order valence-corrected chi connectivity index (χ4v) is 1.82. The van der Waals surface area contributed by atoms with Gasteiger partial charge in [0.15, 0.2) is 0 Å². The standard InChI is InChI=1S/C17H17NO4/c1-3-16(19)22-13-10-8-12(9-11-13)17(20)18-14-6-4-5-7-15(14)21-2/h4-11H,3H2,1-2H3,(H,18,20). The summed E-state index contributed by atoms with van der Waals surface area (Å²) in [4.78, 5) is 23.4. The minimum absolute atomic E-state index is 0.266. The van der Waals surface area contributed by atoms with Gasteiger partial charge in [0.2, 0.25) is 0 Å². The highest BCUT2D eigenvalue weighted by atomic mass is 16.5. The van der Waals surface area contributed by atoms with Crippen molar-refractivity contribution in [3.63, 3.8) is 0 Å². The Morgan fingerprint density at radius 1 is 1.05 bits per heavy atom. The molecule has 0 aliphatic rings. The molecule has 0 saturated heterocycles. The molecule has 5 nitrogen and oxygen atoms in total. The predicted molar refractivity (Wildman–Crippen MR) is 83.3 cm³/mol. The number of carbonyl (C=O) groups is 2. The molecular formula is C17H17NO4. The van der Waals surface area contributed by atoms with Gasteiger partial charge in [0.1, 0.15) is 11.5 Å². The number of hydrogen-bond donors (Lipinski definition) is 1. The maximum Gasteiger partial charge on any atom is 0.310 e. The molecule has 0 saturated carbocycles. The van der Waals surface area contributed by atoms with Crippen LogP contribution in [-0.2, 0) is 4.79 Å². The summed E-state index contributed by atoms with van der Waals surface area (Å²) in [6.07, 6.45) is 0.302. The van der Waals surface area contributed by atoms with Crippen LogP contribution in [0.1, 0.15) is 23.7 Å². The maximum atomic E-state index is 12.2. The fourth-order valence-electron chi connectivity index (χ4n) is 1.82. The first-order valence-corrected chi connectivity index (χ1v) is 6.89. The number of methoxy groups -OCH3 is 1. The average molecular weight is 299 g/mol. The van der Waals surface area contributed by atoms with Crippen molar-refractivity contribution in [2.75, 3.05) is 12.4 Å². The van der Waals surface area contributed by atoms with Crippen LogP contribution in [0.4, 0.5) is 5.69 Å². The van der Waals surface area contributed by atoms with Crippen LogP contribution in [0.15, 0.2) is 48.5 Å². The molecule has 0 aromatic heterocycles. The van der Waals surface area contributed by atoms with Crippen molar-refractivity contribution in [2.24, 2.45) is 0 Å². The third-order valence-corrected chi connectivity index (χ3v) is 2.99. The summed E-state index contributed by atoms with van der Waals surface area (Å²) in [5.41, 5.74) is 1.05. The molecule has 0 heterocycles. The number of anilines is 1. The van der Waals surface area contributed by atoms with Gasteiger partial charge in [-0.3, -0.25) is 9.59 Å². The highest BCUT2D eigenvalue weighted by Crippen LogP contribution is 2.24. The highest BCUT2D eigenvalue weighted by molar-refractivity contribution is 6.05. The quantitative estimate of drug-likeness (QED) is 0.680. The second-order valence-electron chi connectivity index (χ2n) is 4.51. The van der Waals surface area contributed by atoms with Gasteiger partial charge in [-0.15, -0.1) is 0 Å². The third kappa shape index (κ3) is 3.85. The lowest BCUT2D eigenvalue weighted by atomic mass is 10.2. The first-order chi connectivity index (χ1) is 10.6. The number of amides is 1. The molecule has 2 aromatic rings. The molecule has 0 aliphatic carbocycles. The van der Waals surface area contributed by atoms with Crippen LogP contribution < -0.4 is 14.8 Å². The van der Waals surface area contributed by atoms with Crippen LogP contribution in [-0.4, -0.2) is 19.0 Å². The first kappa shape index (κ1) is 15.6. The number of carbonyl (C=O) groups excluding carboxylic acids is 2. The van der Waals surface area contributed by atoms with Gasteiger partial charge in [-0.05, 0) is 36.4 Å². The normalized spacial score (nSPS) is 9.91. The van der Waals surface area contributed by atoms with Crippen LogP contribution in [0.25, 0.3) is 0 Å². The molecule has 114 valence electrons. The van der Waals surface area contributed by atoms with Crippen molar-refractivity contribution < 1.29 is 19.1 Å². The zero-order valence-electron chi connectivity index (χ0n) is 12.5. The van der Waals surface area contributed by atoms with Gasteiger partial charge in [-0.1, -0.05) is 19.1 Å². The van der Waals surface area contributed by atoms with Crippen LogP contribution in [0.5, 0.6) is 11.5 Å². The summed E-state index contributed by atoms with van der Waals surface area (Å²) in [5, 5.41) is 2.78. The molecule has 2 aromatic carbocycles. The van der Waals surface area contributed by atoms with E-state index in [2.05, 4.69) is 5.32 Å². The van der Waals surface area contributed by atoms with Gasteiger partial charge in [0.25, 0.3) is 5.91 Å². The minimum atomic E-state index is -0.314. The summed E-state index contributed by atoms with van der Waals surface area (Å²) in [7, 11) is 1.54. The number of esters is 1. The first-order valence-electron chi connectivity index (χ1n) is 6.89. The Labute approximate surface area is 128 Å². The summed E-state index contributed by atoms with van der Waals surface area (Å²) in [5.74, 6) is 0.425. The molecule has 2 rings (SSSR count). The van der Waals surface area contributed by atoms with Crippen LogP contribution in [0, 0.1) is 0 Å². The van der Waals surface area contributed by atoms with E-state index >= 15 is 0 Å². The summed E-state index contributed by atoms with van der Waals surface area (Å²) in [6.45, 7) is 1.72. The van der Waals surface area contributed by atoms with E-state index in [1.165, 1.54) is 0 Å². The number of rotatable bonds is 5. The van der Waals surface area contributed by atoms with Crippen molar-refractivity contribution >= 4 is 17.6 Å². The molecule has 0 unspecified atom stereocenters. The molecule has 0 aliphatic heterocycles. The van der Waals surface area contributed by atoms with E-state index in [1.54, 1.807) is 50.4 Å². The van der Waals surface area contributed by atoms with Crippen molar-refractivity contribution in [1.82, 2.24) is 0 Å². The van der Waals surface area contributed by atoms with E-state index in [4.69, 9.17) is 9.47 Å². The van der Waals surface area contributed by atoms with E-state index < -0.39 is 0 Å². The molecule has 1 amide bonds. The van der Waals surface area contributed by atoms with E-state index in [1.807, 2.05) is 12.1 Å². The lowest BCUT2D eigenvalue weighted by Crippen LogP contribution is -2.12. The molecule has 0 spiro atoms. The molecule has 5 heteroatoms. The zero-order valence-corrected chi connectivity index (χ0v) is 12.5. The Hall–Kier alpha value is -2.82. The molecule has 0 bridgehead atoms. The number of hydrogen-bond acceptors (Lipinski definition) is 4. The Bertz CT molecular complexity index is 665. The Morgan fingerprint density at radius 2 is 1.73 bits per heavy atom. The van der Waals surface area contributed by atoms with Crippen molar-refractivity contribution in [2.45, 2.75) is 13.3 Å². The number of benzene rings is 2. The van der Waals surface area contributed by atoms with Crippen LogP contribution >= 0.6 is 0 Å². The smallest absolute Gasteiger partial charge is 0.310 e. The summed E-state index contributed by atoms with van der Waals surface area (Å²) < 4.78 is 10.2. The van der Waals surface area contributed by atoms with Gasteiger partial charge in [0.05, 0.1) is 12.8 Å². The Kier molecular flexibility index (Phi) is 5.14. The second-order valence-corrected chi connectivity index (χ2v) is 4.51. The van der Waals surface area contributed by atoms with Gasteiger partial charge in [0, 0.05) is 12.0 Å². The van der Waals surface area contributed by atoms with E-state index in [0.29, 0.717) is 29.2 Å². The molecular weight excluding hydrogens is 282 g/mol. The largest absolute Gasteiger partial charge is 0.495 e. The second kappa shape index (κ2) is 7.26. The lowest BCUT2D eigenvalue weighted by molar-refractivity contribution is -0.134. The number of ether oxygens (including phenoxy) is 2. The molecule has 22 heavy (non-hydrogen) atoms. The van der Waals surface area contributed by atoms with Crippen molar-refractivity contribution in [3.8, 4) is 11.5 Å². The molecule has 0 fully saturated rings. The summed E-state index contributed by atoms with van der Waals surface area (Å²) in [6, 6.07) is 13.5. The third-order valence-electron chi connectivity index (χ3n) is 2.99. The Balaban J connectivity index is 2.08. The van der Waals surface area contributed by atoms with E-state index in [9.17, 15) is 9.59 Å². The van der Waals surface area contributed by atoms with Crippen LogP contribution in [0.2, 0.25) is 0 Å². The molecule has 0 radical (unpaired) electrons.